The number of anilines is 2. The third-order valence-corrected chi connectivity index (χ3v) is 6.47. The van der Waals surface area contributed by atoms with Crippen molar-refractivity contribution in [2.75, 3.05) is 31.6 Å². The van der Waals surface area contributed by atoms with Crippen molar-refractivity contribution in [1.82, 2.24) is 29.3 Å². The van der Waals surface area contributed by atoms with Gasteiger partial charge in [0.15, 0.2) is 5.65 Å². The normalized spacial score (nSPS) is 15.1. The Kier molecular flexibility index (Phi) is 6.76. The predicted octanol–water partition coefficient (Wildman–Crippen LogP) is 4.86. The zero-order valence-electron chi connectivity index (χ0n) is 20.0. The molecule has 1 aromatic carbocycles. The summed E-state index contributed by atoms with van der Waals surface area (Å²) in [6, 6.07) is 14.0. The Bertz CT molecular complexity index is 1210. The van der Waals surface area contributed by atoms with Crippen LogP contribution < -0.4 is 10.1 Å². The Labute approximate surface area is 200 Å². The average molecular weight is 460 g/mol. The maximum atomic E-state index is 5.91. The van der Waals surface area contributed by atoms with Gasteiger partial charge in [-0.15, -0.1) is 5.10 Å². The summed E-state index contributed by atoms with van der Waals surface area (Å²) in [6.45, 7) is 9.46. The topological polar surface area (TPSA) is 72.5 Å². The molecule has 0 amide bonds. The van der Waals surface area contributed by atoms with Gasteiger partial charge < -0.3 is 10.1 Å². The number of nitrogens with zero attached hydrogens (tertiary/aromatic N) is 6. The van der Waals surface area contributed by atoms with E-state index in [2.05, 4.69) is 40.3 Å². The number of ether oxygens (including phenoxy) is 1. The van der Waals surface area contributed by atoms with Gasteiger partial charge in [0, 0.05) is 30.5 Å². The second kappa shape index (κ2) is 10.3. The lowest BCUT2D eigenvalue weighted by atomic mass is 10.1. The molecular formula is C26H33N7O. The minimum absolute atomic E-state index is 0.558. The molecule has 0 unspecified atom stereocenters. The fourth-order valence-corrected chi connectivity index (χ4v) is 4.28. The van der Waals surface area contributed by atoms with Gasteiger partial charge in [-0.2, -0.15) is 10.1 Å². The van der Waals surface area contributed by atoms with Crippen LogP contribution in [0.15, 0.2) is 54.9 Å². The molecule has 178 valence electrons. The standard InChI is InChI=1S/C26H33N7O/c1-3-20(2)18-32-19-21(17-27-32)24-7-6-8-25-29-26(30-33(24)25)28-22-9-11-23(12-10-22)34-16-15-31-13-4-5-14-31/h6-12,17,19-20H,3-5,13-16,18H2,1-2H3,(H,28,30)/t20-/m0/s1. The summed E-state index contributed by atoms with van der Waals surface area (Å²) in [4.78, 5) is 7.11. The first-order chi connectivity index (χ1) is 16.7. The highest BCUT2D eigenvalue weighted by Crippen LogP contribution is 2.23. The van der Waals surface area contributed by atoms with E-state index in [-0.39, 0.29) is 0 Å². The first-order valence-corrected chi connectivity index (χ1v) is 12.3. The summed E-state index contributed by atoms with van der Waals surface area (Å²) in [5.41, 5.74) is 3.71. The highest BCUT2D eigenvalue weighted by atomic mass is 16.5. The molecule has 0 radical (unpaired) electrons. The largest absolute Gasteiger partial charge is 0.492 e. The number of benzene rings is 1. The second-order valence-corrected chi connectivity index (χ2v) is 9.13. The van der Waals surface area contributed by atoms with Crippen molar-refractivity contribution >= 4 is 17.3 Å². The Balaban J connectivity index is 1.25. The number of fused-ring (bicyclic) bond motifs is 1. The Morgan fingerprint density at radius 1 is 1.09 bits per heavy atom. The first-order valence-electron chi connectivity index (χ1n) is 12.3. The van der Waals surface area contributed by atoms with E-state index >= 15 is 0 Å². The average Bonchev–Trinajstić information content (AvgIpc) is 3.61. The van der Waals surface area contributed by atoms with E-state index in [1.54, 1.807) is 0 Å². The van der Waals surface area contributed by atoms with Crippen LogP contribution in [0.1, 0.15) is 33.1 Å². The van der Waals surface area contributed by atoms with Crippen molar-refractivity contribution in [2.45, 2.75) is 39.7 Å². The minimum atomic E-state index is 0.558. The third-order valence-electron chi connectivity index (χ3n) is 6.47. The number of rotatable bonds is 10. The predicted molar refractivity (Wildman–Crippen MR) is 135 cm³/mol. The smallest absolute Gasteiger partial charge is 0.247 e. The molecule has 1 atom stereocenters. The molecule has 0 bridgehead atoms. The summed E-state index contributed by atoms with van der Waals surface area (Å²) in [6.07, 6.45) is 7.72. The molecule has 4 heterocycles. The van der Waals surface area contributed by atoms with Crippen LogP contribution in [0.3, 0.4) is 0 Å². The molecular weight excluding hydrogens is 426 g/mol. The Morgan fingerprint density at radius 2 is 1.91 bits per heavy atom. The van der Waals surface area contributed by atoms with E-state index in [0.717, 1.165) is 54.5 Å². The van der Waals surface area contributed by atoms with Gasteiger partial charge in [0.1, 0.15) is 12.4 Å². The molecule has 3 aromatic heterocycles. The molecule has 5 rings (SSSR count). The van der Waals surface area contributed by atoms with Crippen LogP contribution >= 0.6 is 0 Å². The van der Waals surface area contributed by atoms with Gasteiger partial charge in [-0.05, 0) is 68.2 Å². The van der Waals surface area contributed by atoms with E-state index in [9.17, 15) is 0 Å². The number of pyridine rings is 1. The maximum Gasteiger partial charge on any atom is 0.247 e. The quantitative estimate of drug-likeness (QED) is 0.365. The molecule has 34 heavy (non-hydrogen) atoms. The number of hydrogen-bond acceptors (Lipinski definition) is 6. The van der Waals surface area contributed by atoms with Gasteiger partial charge in [-0.1, -0.05) is 26.3 Å². The lowest BCUT2D eigenvalue weighted by Crippen LogP contribution is -2.25. The Morgan fingerprint density at radius 3 is 2.71 bits per heavy atom. The molecule has 8 nitrogen and oxygen atoms in total. The molecule has 1 saturated heterocycles. The summed E-state index contributed by atoms with van der Waals surface area (Å²) in [5, 5.41) is 12.6. The summed E-state index contributed by atoms with van der Waals surface area (Å²) < 4.78 is 9.78. The highest BCUT2D eigenvalue weighted by Gasteiger charge is 2.13. The van der Waals surface area contributed by atoms with Crippen LogP contribution in [0, 0.1) is 5.92 Å². The molecule has 1 fully saturated rings. The Hall–Kier alpha value is -3.39. The van der Waals surface area contributed by atoms with Crippen LogP contribution in [0.25, 0.3) is 16.9 Å². The summed E-state index contributed by atoms with van der Waals surface area (Å²) >= 11 is 0. The van der Waals surface area contributed by atoms with Crippen LogP contribution in [0.4, 0.5) is 11.6 Å². The lowest BCUT2D eigenvalue weighted by molar-refractivity contribution is 0.238. The molecule has 1 aliphatic rings. The van der Waals surface area contributed by atoms with E-state index in [4.69, 9.17) is 9.84 Å². The number of nitrogens with one attached hydrogen (secondary N) is 1. The number of likely N-dealkylation sites (tertiary alicyclic amines) is 1. The van der Waals surface area contributed by atoms with Crippen LogP contribution in [-0.4, -0.2) is 55.5 Å². The van der Waals surface area contributed by atoms with Crippen molar-refractivity contribution in [2.24, 2.45) is 5.92 Å². The molecule has 0 spiro atoms. The van der Waals surface area contributed by atoms with Gasteiger partial charge >= 0.3 is 0 Å². The molecule has 4 aromatic rings. The third kappa shape index (κ3) is 5.22. The van der Waals surface area contributed by atoms with E-state index in [0.29, 0.717) is 11.9 Å². The maximum absolute atomic E-state index is 5.91. The van der Waals surface area contributed by atoms with Gasteiger partial charge in [0.25, 0.3) is 0 Å². The van der Waals surface area contributed by atoms with Crippen LogP contribution in [-0.2, 0) is 6.54 Å². The molecule has 1 N–H and O–H groups in total. The van der Waals surface area contributed by atoms with Gasteiger partial charge in [0.2, 0.25) is 5.95 Å². The highest BCUT2D eigenvalue weighted by molar-refractivity contribution is 5.63. The van der Waals surface area contributed by atoms with E-state index in [1.807, 2.05) is 57.9 Å². The molecule has 1 aliphatic heterocycles. The monoisotopic (exact) mass is 459 g/mol. The first kappa shape index (κ1) is 22.4. The van der Waals surface area contributed by atoms with Gasteiger partial charge in [-0.25, -0.2) is 4.52 Å². The SMILES string of the molecule is CC[C@H](C)Cn1cc(-c2cccc3nc(Nc4ccc(OCCN5CCCC5)cc4)nn23)cn1. The lowest BCUT2D eigenvalue weighted by Gasteiger charge is -2.15. The van der Waals surface area contributed by atoms with Crippen molar-refractivity contribution in [1.29, 1.82) is 0 Å². The fraction of sp³-hybridized carbons (Fsp3) is 0.423. The summed E-state index contributed by atoms with van der Waals surface area (Å²) in [5.74, 6) is 2.03. The minimum Gasteiger partial charge on any atom is -0.492 e. The molecule has 8 heteroatoms. The van der Waals surface area contributed by atoms with Gasteiger partial charge in [0.05, 0.1) is 11.9 Å². The molecule has 0 aliphatic carbocycles. The van der Waals surface area contributed by atoms with Crippen LogP contribution in [0.2, 0.25) is 0 Å². The van der Waals surface area contributed by atoms with Crippen molar-refractivity contribution in [3.63, 3.8) is 0 Å². The number of hydrogen-bond donors (Lipinski definition) is 1. The van der Waals surface area contributed by atoms with E-state index < -0.39 is 0 Å². The van der Waals surface area contributed by atoms with Crippen molar-refractivity contribution in [3.05, 3.63) is 54.9 Å². The van der Waals surface area contributed by atoms with E-state index in [1.165, 1.54) is 25.9 Å². The summed E-state index contributed by atoms with van der Waals surface area (Å²) in [7, 11) is 0. The van der Waals surface area contributed by atoms with Crippen molar-refractivity contribution < 1.29 is 4.74 Å². The molecule has 0 saturated carbocycles. The second-order valence-electron chi connectivity index (χ2n) is 9.13. The fourth-order valence-electron chi connectivity index (χ4n) is 4.28. The van der Waals surface area contributed by atoms with Gasteiger partial charge in [-0.3, -0.25) is 9.58 Å². The van der Waals surface area contributed by atoms with Crippen LogP contribution in [0.5, 0.6) is 5.75 Å². The zero-order chi connectivity index (χ0) is 23.3. The van der Waals surface area contributed by atoms with Crippen molar-refractivity contribution in [3.8, 4) is 17.0 Å². The zero-order valence-corrected chi connectivity index (χ0v) is 20.0. The number of aromatic nitrogens is 5.